The molecule has 152 valence electrons. The third kappa shape index (κ3) is 3.57. The third-order valence-electron chi connectivity index (χ3n) is 5.91. The highest BCUT2D eigenvalue weighted by molar-refractivity contribution is 5.75. The number of ether oxygens (including phenoxy) is 1. The maximum Gasteiger partial charge on any atom is 0.210 e. The molecule has 0 radical (unpaired) electrons. The van der Waals surface area contributed by atoms with Gasteiger partial charge in [-0.15, -0.1) is 0 Å². The van der Waals surface area contributed by atoms with E-state index in [0.717, 1.165) is 69.3 Å². The molecule has 5 rings (SSSR count). The highest BCUT2D eigenvalue weighted by Crippen LogP contribution is 2.36. The second-order valence-electron chi connectivity index (χ2n) is 7.82. The van der Waals surface area contributed by atoms with Crippen LogP contribution in [0.2, 0.25) is 0 Å². The first-order valence-corrected chi connectivity index (χ1v) is 10.2. The monoisotopic (exact) mass is 399 g/mol. The Morgan fingerprint density at radius 1 is 1.03 bits per heavy atom. The smallest absolute Gasteiger partial charge is 0.210 e. The average molecular weight is 399 g/mol. The lowest BCUT2D eigenvalue weighted by Crippen LogP contribution is -2.17. The number of nitrogens with one attached hydrogen (secondary N) is 1. The van der Waals surface area contributed by atoms with E-state index in [1.807, 2.05) is 0 Å². The van der Waals surface area contributed by atoms with Crippen LogP contribution in [-0.4, -0.2) is 32.7 Å². The molecule has 1 aliphatic carbocycles. The summed E-state index contributed by atoms with van der Waals surface area (Å²) in [5.41, 5.74) is 1.65. The predicted octanol–water partition coefficient (Wildman–Crippen LogP) is 4.86. The third-order valence-corrected chi connectivity index (χ3v) is 5.91. The number of hydrogen-bond donors (Lipinski definition) is 1. The molecule has 0 unspecified atom stereocenters. The summed E-state index contributed by atoms with van der Waals surface area (Å²) in [6, 6.07) is 3.75. The molecule has 0 spiro atoms. The van der Waals surface area contributed by atoms with Crippen LogP contribution < -0.4 is 5.32 Å². The number of imidazole rings is 1. The fraction of sp³-hybridized carbons (Fsp3) is 0.476. The topological polar surface area (TPSA) is 64.9 Å². The van der Waals surface area contributed by atoms with Crippen molar-refractivity contribution in [1.82, 2.24) is 19.5 Å². The molecule has 0 bridgehead atoms. The van der Waals surface area contributed by atoms with Crippen molar-refractivity contribution in [3.05, 3.63) is 41.9 Å². The summed E-state index contributed by atoms with van der Waals surface area (Å²) in [6.45, 7) is 1.45. The zero-order valence-electron chi connectivity index (χ0n) is 16.1. The molecule has 6 nitrogen and oxygen atoms in total. The van der Waals surface area contributed by atoms with Crippen molar-refractivity contribution in [1.29, 1.82) is 0 Å². The number of aromatic nitrogens is 4. The first kappa shape index (κ1) is 18.4. The average Bonchev–Trinajstić information content (AvgIpc) is 3.37. The summed E-state index contributed by atoms with van der Waals surface area (Å²) in [5.74, 6) is 0.370. The van der Waals surface area contributed by atoms with Gasteiger partial charge in [0.2, 0.25) is 5.95 Å². The van der Waals surface area contributed by atoms with Gasteiger partial charge in [-0.1, -0.05) is 12.8 Å². The van der Waals surface area contributed by atoms with Crippen LogP contribution in [0, 0.1) is 11.6 Å². The summed E-state index contributed by atoms with van der Waals surface area (Å²) < 4.78 is 35.0. The Balaban J connectivity index is 1.57. The number of anilines is 2. The van der Waals surface area contributed by atoms with E-state index >= 15 is 0 Å². The minimum Gasteiger partial charge on any atom is -0.381 e. The van der Waals surface area contributed by atoms with Crippen LogP contribution in [0.5, 0.6) is 0 Å². The van der Waals surface area contributed by atoms with Gasteiger partial charge in [-0.05, 0) is 37.8 Å². The van der Waals surface area contributed by atoms with E-state index in [0.29, 0.717) is 11.5 Å². The van der Waals surface area contributed by atoms with Crippen LogP contribution in [0.4, 0.5) is 20.4 Å². The van der Waals surface area contributed by atoms with Gasteiger partial charge in [0, 0.05) is 31.2 Å². The van der Waals surface area contributed by atoms with Crippen molar-refractivity contribution in [3.63, 3.8) is 0 Å². The molecular formula is C21H23F2N5O. The van der Waals surface area contributed by atoms with Gasteiger partial charge < -0.3 is 10.1 Å². The van der Waals surface area contributed by atoms with E-state index in [9.17, 15) is 8.78 Å². The number of halogens is 2. The maximum absolute atomic E-state index is 14.2. The molecule has 1 saturated carbocycles. The molecule has 2 aliphatic rings. The van der Waals surface area contributed by atoms with Gasteiger partial charge >= 0.3 is 0 Å². The van der Waals surface area contributed by atoms with Gasteiger partial charge in [-0.3, -0.25) is 4.57 Å². The van der Waals surface area contributed by atoms with Gasteiger partial charge in [0.05, 0.1) is 11.9 Å². The van der Waals surface area contributed by atoms with Crippen molar-refractivity contribution in [2.24, 2.45) is 0 Å². The van der Waals surface area contributed by atoms with Crippen molar-refractivity contribution < 1.29 is 13.5 Å². The van der Waals surface area contributed by atoms with Gasteiger partial charge in [0.1, 0.15) is 23.0 Å². The zero-order valence-corrected chi connectivity index (χ0v) is 16.1. The second kappa shape index (κ2) is 7.67. The first-order valence-electron chi connectivity index (χ1n) is 10.2. The van der Waals surface area contributed by atoms with E-state index in [2.05, 4.69) is 19.9 Å². The van der Waals surface area contributed by atoms with Gasteiger partial charge in [0.15, 0.2) is 5.65 Å². The minimum absolute atomic E-state index is 0.193. The molecule has 0 atom stereocenters. The molecule has 8 heteroatoms. The van der Waals surface area contributed by atoms with Crippen LogP contribution in [-0.2, 0) is 4.74 Å². The van der Waals surface area contributed by atoms with Crippen LogP contribution in [0.3, 0.4) is 0 Å². The molecule has 1 aliphatic heterocycles. The Labute approximate surface area is 167 Å². The lowest BCUT2D eigenvalue weighted by Gasteiger charge is -2.21. The quantitative estimate of drug-likeness (QED) is 0.679. The molecule has 2 aromatic heterocycles. The Morgan fingerprint density at radius 3 is 2.59 bits per heavy atom. The largest absolute Gasteiger partial charge is 0.381 e. The molecule has 3 aromatic rings. The predicted molar refractivity (Wildman–Crippen MR) is 105 cm³/mol. The highest BCUT2D eigenvalue weighted by atomic mass is 19.1. The fourth-order valence-corrected chi connectivity index (χ4v) is 4.36. The van der Waals surface area contributed by atoms with E-state index < -0.39 is 11.6 Å². The molecule has 1 N–H and O–H groups in total. The number of nitrogens with zero attached hydrogens (tertiary/aromatic N) is 4. The molecule has 0 amide bonds. The Bertz CT molecular complexity index is 1030. The fourth-order valence-electron chi connectivity index (χ4n) is 4.36. The number of fused-ring (bicyclic) bond motifs is 1. The molecule has 29 heavy (non-hydrogen) atoms. The van der Waals surface area contributed by atoms with Gasteiger partial charge in [-0.2, -0.15) is 0 Å². The SMILES string of the molecule is Fc1ccc(Nc2nc3cnc(C4CCOCC4)nc3n2C2CCCC2)c(F)c1. The van der Waals surface area contributed by atoms with Crippen LogP contribution in [0.25, 0.3) is 11.2 Å². The summed E-state index contributed by atoms with van der Waals surface area (Å²) in [6.07, 6.45) is 7.93. The Kier molecular flexibility index (Phi) is 4.87. The number of benzene rings is 1. The molecular weight excluding hydrogens is 376 g/mol. The summed E-state index contributed by atoms with van der Waals surface area (Å²) in [4.78, 5) is 14.1. The zero-order chi connectivity index (χ0) is 19.8. The van der Waals surface area contributed by atoms with Crippen LogP contribution in [0.15, 0.2) is 24.4 Å². The van der Waals surface area contributed by atoms with E-state index in [-0.39, 0.29) is 17.6 Å². The van der Waals surface area contributed by atoms with Crippen molar-refractivity contribution in [3.8, 4) is 0 Å². The normalized spacial score (nSPS) is 18.6. The first-order chi connectivity index (χ1) is 14.2. The van der Waals surface area contributed by atoms with Crippen molar-refractivity contribution >= 4 is 22.8 Å². The lowest BCUT2D eigenvalue weighted by atomic mass is 9.99. The molecule has 2 fully saturated rings. The molecule has 3 heterocycles. The highest BCUT2D eigenvalue weighted by Gasteiger charge is 2.26. The van der Waals surface area contributed by atoms with Crippen LogP contribution >= 0.6 is 0 Å². The van der Waals surface area contributed by atoms with Crippen molar-refractivity contribution in [2.45, 2.75) is 50.5 Å². The van der Waals surface area contributed by atoms with E-state index in [4.69, 9.17) is 9.72 Å². The van der Waals surface area contributed by atoms with Gasteiger partial charge in [0.25, 0.3) is 0 Å². The van der Waals surface area contributed by atoms with E-state index in [1.54, 1.807) is 6.20 Å². The lowest BCUT2D eigenvalue weighted by molar-refractivity contribution is 0.0836. The second-order valence-corrected chi connectivity index (χ2v) is 7.82. The van der Waals surface area contributed by atoms with Crippen molar-refractivity contribution in [2.75, 3.05) is 18.5 Å². The summed E-state index contributed by atoms with van der Waals surface area (Å²) in [7, 11) is 0. The Hall–Kier alpha value is -2.61. The number of rotatable bonds is 4. The maximum atomic E-state index is 14.2. The number of hydrogen-bond acceptors (Lipinski definition) is 5. The Morgan fingerprint density at radius 2 is 1.83 bits per heavy atom. The standard InChI is InChI=1S/C21H23F2N5O/c22-14-5-6-17(16(23)11-14)25-21-26-18-12-24-19(13-7-9-29-10-8-13)27-20(18)28(21)15-3-1-2-4-15/h5-6,11-13,15H,1-4,7-10H2,(H,25,26). The summed E-state index contributed by atoms with van der Waals surface area (Å²) in [5, 5.41) is 3.06. The summed E-state index contributed by atoms with van der Waals surface area (Å²) >= 11 is 0. The van der Waals surface area contributed by atoms with Gasteiger partial charge in [-0.25, -0.2) is 23.7 Å². The van der Waals surface area contributed by atoms with E-state index in [1.165, 1.54) is 12.1 Å². The molecule has 1 aromatic carbocycles. The van der Waals surface area contributed by atoms with Crippen LogP contribution in [0.1, 0.15) is 56.3 Å². The molecule has 1 saturated heterocycles. The minimum atomic E-state index is -0.649.